The SMILES string of the molecule is CC(C)(C)C(C)(C)C.CCC(C)(C)C(C)(C)C. The van der Waals surface area contributed by atoms with E-state index in [1.807, 2.05) is 0 Å². The molecule has 0 amide bonds. The first-order valence-electron chi connectivity index (χ1n) is 7.06. The summed E-state index contributed by atoms with van der Waals surface area (Å²) in [6, 6.07) is 0. The smallest absolute Gasteiger partial charge is 0.0308 e. The van der Waals surface area contributed by atoms with Gasteiger partial charge < -0.3 is 0 Å². The van der Waals surface area contributed by atoms with Crippen LogP contribution in [0.15, 0.2) is 0 Å². The Balaban J connectivity index is 0. The molecule has 0 aromatic carbocycles. The molecule has 0 unspecified atom stereocenters. The van der Waals surface area contributed by atoms with Crippen molar-refractivity contribution in [1.29, 1.82) is 0 Å². The van der Waals surface area contributed by atoms with E-state index in [-0.39, 0.29) is 0 Å². The second-order valence-electron chi connectivity index (χ2n) is 8.99. The van der Waals surface area contributed by atoms with Crippen molar-refractivity contribution in [2.24, 2.45) is 21.7 Å². The molecule has 0 fully saturated rings. The Morgan fingerprint density at radius 2 is 0.706 bits per heavy atom. The van der Waals surface area contributed by atoms with Crippen LogP contribution in [0.25, 0.3) is 0 Å². The van der Waals surface area contributed by atoms with Gasteiger partial charge in [-0.25, -0.2) is 0 Å². The van der Waals surface area contributed by atoms with Crippen molar-refractivity contribution in [1.82, 2.24) is 0 Å². The minimum Gasteiger partial charge on any atom is -0.0649 e. The molecule has 0 aliphatic carbocycles. The number of hydrogen-bond donors (Lipinski definition) is 0. The zero-order chi connectivity index (χ0) is 14.7. The molecule has 0 spiro atoms. The van der Waals surface area contributed by atoms with Crippen molar-refractivity contribution in [3.63, 3.8) is 0 Å². The molecule has 0 radical (unpaired) electrons. The monoisotopic (exact) mass is 242 g/mol. The lowest BCUT2D eigenvalue weighted by atomic mass is 9.68. The van der Waals surface area contributed by atoms with E-state index in [1.165, 1.54) is 6.42 Å². The lowest BCUT2D eigenvalue weighted by Crippen LogP contribution is -2.28. The lowest BCUT2D eigenvalue weighted by Gasteiger charge is -2.37. The molecule has 0 saturated carbocycles. The van der Waals surface area contributed by atoms with Gasteiger partial charge in [-0.1, -0.05) is 89.5 Å². The second-order valence-corrected chi connectivity index (χ2v) is 8.99. The summed E-state index contributed by atoms with van der Waals surface area (Å²) >= 11 is 0. The molecule has 0 rings (SSSR count). The van der Waals surface area contributed by atoms with E-state index in [9.17, 15) is 0 Å². The van der Waals surface area contributed by atoms with Crippen LogP contribution in [0.5, 0.6) is 0 Å². The molecular weight excluding hydrogens is 204 g/mol. The summed E-state index contributed by atoms with van der Waals surface area (Å²) in [4.78, 5) is 0. The summed E-state index contributed by atoms with van der Waals surface area (Å²) in [5.41, 5.74) is 1.80. The van der Waals surface area contributed by atoms with E-state index in [0.29, 0.717) is 21.7 Å². The van der Waals surface area contributed by atoms with Crippen molar-refractivity contribution in [3.8, 4) is 0 Å². The normalized spacial score (nSPS) is 14.1. The van der Waals surface area contributed by atoms with Crippen LogP contribution >= 0.6 is 0 Å². The maximum atomic E-state index is 2.33. The van der Waals surface area contributed by atoms with Gasteiger partial charge in [-0.15, -0.1) is 0 Å². The lowest BCUT2D eigenvalue weighted by molar-refractivity contribution is 0.126. The van der Waals surface area contributed by atoms with Crippen LogP contribution in [0.1, 0.15) is 89.5 Å². The van der Waals surface area contributed by atoms with Crippen LogP contribution < -0.4 is 0 Å². The van der Waals surface area contributed by atoms with Gasteiger partial charge in [0.1, 0.15) is 0 Å². The molecule has 0 nitrogen and oxygen atoms in total. The summed E-state index contributed by atoms with van der Waals surface area (Å²) in [6.07, 6.45) is 1.26. The van der Waals surface area contributed by atoms with Gasteiger partial charge in [0.15, 0.2) is 0 Å². The van der Waals surface area contributed by atoms with Gasteiger partial charge in [-0.3, -0.25) is 0 Å². The van der Waals surface area contributed by atoms with Gasteiger partial charge >= 0.3 is 0 Å². The van der Waals surface area contributed by atoms with E-state index in [4.69, 9.17) is 0 Å². The summed E-state index contributed by atoms with van der Waals surface area (Å²) in [7, 11) is 0. The molecule has 0 aromatic heterocycles. The van der Waals surface area contributed by atoms with E-state index >= 15 is 0 Å². The zero-order valence-electron chi connectivity index (χ0n) is 14.7. The molecular formula is C17H38. The second kappa shape index (κ2) is 5.76. The van der Waals surface area contributed by atoms with Gasteiger partial charge in [0.2, 0.25) is 0 Å². The average Bonchev–Trinajstić information content (AvgIpc) is 1.99. The first-order valence-corrected chi connectivity index (χ1v) is 7.06. The predicted octanol–water partition coefficient (Wildman–Crippen LogP) is 6.55. The average molecular weight is 242 g/mol. The van der Waals surface area contributed by atoms with Crippen molar-refractivity contribution in [3.05, 3.63) is 0 Å². The molecule has 0 aliphatic heterocycles. The Kier molecular flexibility index (Phi) is 6.55. The zero-order valence-corrected chi connectivity index (χ0v) is 14.7. The van der Waals surface area contributed by atoms with E-state index < -0.39 is 0 Å². The molecule has 0 aliphatic rings. The molecule has 0 atom stereocenters. The fourth-order valence-electron chi connectivity index (χ4n) is 0.530. The highest BCUT2D eigenvalue weighted by Gasteiger charge is 2.30. The first-order chi connectivity index (χ1) is 7.06. The minimum absolute atomic E-state index is 0.437. The molecule has 0 saturated heterocycles. The molecule has 0 heterocycles. The number of hydrogen-bond acceptors (Lipinski definition) is 0. The van der Waals surface area contributed by atoms with Crippen LogP contribution in [0.3, 0.4) is 0 Å². The van der Waals surface area contributed by atoms with E-state index in [1.54, 1.807) is 0 Å². The quantitative estimate of drug-likeness (QED) is 0.489. The van der Waals surface area contributed by atoms with Crippen LogP contribution in [0.4, 0.5) is 0 Å². The summed E-state index contributed by atoms with van der Waals surface area (Å²) in [5, 5.41) is 0. The van der Waals surface area contributed by atoms with Crippen LogP contribution in [0.2, 0.25) is 0 Å². The van der Waals surface area contributed by atoms with Gasteiger partial charge in [0, 0.05) is 0 Å². The third-order valence-electron chi connectivity index (χ3n) is 5.16. The standard InChI is InChI=1S/C9H20.C8H18/c1-7-9(5,6)8(2,3)4;1-7(2,3)8(4,5)6/h7H2,1-6H3;1-6H3. The molecule has 0 N–H and O–H groups in total. The first kappa shape index (κ1) is 19.3. The number of rotatable bonds is 1. The third-order valence-corrected chi connectivity index (χ3v) is 5.16. The maximum Gasteiger partial charge on any atom is -0.0308 e. The largest absolute Gasteiger partial charge is 0.0649 e. The molecule has 0 bridgehead atoms. The summed E-state index contributed by atoms with van der Waals surface area (Å²) in [6.45, 7) is 27.4. The van der Waals surface area contributed by atoms with Crippen LogP contribution in [0, 0.1) is 21.7 Å². The third kappa shape index (κ3) is 7.11. The fraction of sp³-hybridized carbons (Fsp3) is 1.00. The van der Waals surface area contributed by atoms with Gasteiger partial charge in [-0.2, -0.15) is 0 Å². The van der Waals surface area contributed by atoms with Crippen LogP contribution in [-0.2, 0) is 0 Å². The van der Waals surface area contributed by atoms with Gasteiger partial charge in [-0.05, 0) is 21.7 Å². The van der Waals surface area contributed by atoms with Crippen molar-refractivity contribution in [2.45, 2.75) is 89.5 Å². The molecule has 0 aromatic rings. The Morgan fingerprint density at radius 1 is 0.471 bits per heavy atom. The van der Waals surface area contributed by atoms with Gasteiger partial charge in [0.25, 0.3) is 0 Å². The van der Waals surface area contributed by atoms with Crippen molar-refractivity contribution in [2.75, 3.05) is 0 Å². The molecule has 106 valence electrons. The topological polar surface area (TPSA) is 0 Å². The minimum atomic E-state index is 0.437. The Bertz CT molecular complexity index is 188. The van der Waals surface area contributed by atoms with E-state index in [2.05, 4.69) is 83.1 Å². The fourth-order valence-corrected chi connectivity index (χ4v) is 0.530. The molecule has 0 heteroatoms. The Morgan fingerprint density at radius 3 is 0.706 bits per heavy atom. The van der Waals surface area contributed by atoms with Crippen LogP contribution in [-0.4, -0.2) is 0 Å². The molecule has 17 heavy (non-hydrogen) atoms. The Hall–Kier alpha value is 0. The van der Waals surface area contributed by atoms with Crippen molar-refractivity contribution >= 4 is 0 Å². The summed E-state index contributed by atoms with van der Waals surface area (Å²) in [5.74, 6) is 0. The maximum absolute atomic E-state index is 2.33. The van der Waals surface area contributed by atoms with Gasteiger partial charge in [0.05, 0.1) is 0 Å². The highest BCUT2D eigenvalue weighted by Crippen LogP contribution is 2.40. The van der Waals surface area contributed by atoms with Crippen molar-refractivity contribution < 1.29 is 0 Å². The highest BCUT2D eigenvalue weighted by atomic mass is 14.4. The highest BCUT2D eigenvalue weighted by molar-refractivity contribution is 4.80. The Labute approximate surface area is 112 Å². The van der Waals surface area contributed by atoms with E-state index in [0.717, 1.165) is 0 Å². The predicted molar refractivity (Wildman–Crippen MR) is 82.4 cm³/mol. The summed E-state index contributed by atoms with van der Waals surface area (Å²) < 4.78 is 0.